The van der Waals surface area contributed by atoms with Gasteiger partial charge in [-0.05, 0) is 29.7 Å². The van der Waals surface area contributed by atoms with E-state index in [-0.39, 0.29) is 12.1 Å². The van der Waals surface area contributed by atoms with Crippen LogP contribution in [0.2, 0.25) is 0 Å². The Labute approximate surface area is 107 Å². The first-order chi connectivity index (χ1) is 8.83. The van der Waals surface area contributed by atoms with E-state index in [1.807, 2.05) is 0 Å². The van der Waals surface area contributed by atoms with E-state index in [9.17, 15) is 18.0 Å². The summed E-state index contributed by atoms with van der Waals surface area (Å²) < 4.78 is 44.6. The smallest absolute Gasteiger partial charge is 0.421 e. The number of rotatable bonds is 2. The molecule has 7 heteroatoms. The molecule has 0 fully saturated rings. The monoisotopic (exact) mass is 275 g/mol. The van der Waals surface area contributed by atoms with Crippen molar-refractivity contribution in [1.82, 2.24) is 5.32 Å². The molecular formula is C12H12F3NO3. The van der Waals surface area contributed by atoms with Gasteiger partial charge < -0.3 is 9.84 Å². The number of halogens is 3. The maximum absolute atomic E-state index is 13.2. The Morgan fingerprint density at radius 1 is 1.47 bits per heavy atom. The Morgan fingerprint density at radius 2 is 2.16 bits per heavy atom. The van der Waals surface area contributed by atoms with Crippen molar-refractivity contribution in [3.63, 3.8) is 0 Å². The number of fused-ring (bicyclic) bond motifs is 1. The number of alkyl halides is 3. The molecule has 2 rings (SSSR count). The van der Waals surface area contributed by atoms with Crippen LogP contribution in [-0.2, 0) is 16.8 Å². The topological polar surface area (TPSA) is 58.6 Å². The number of benzene rings is 1. The lowest BCUT2D eigenvalue weighted by molar-refractivity contribution is -0.214. The predicted molar refractivity (Wildman–Crippen MR) is 60.1 cm³/mol. The van der Waals surface area contributed by atoms with Gasteiger partial charge in [-0.3, -0.25) is 5.32 Å². The van der Waals surface area contributed by atoms with Gasteiger partial charge in [-0.25, -0.2) is 4.79 Å². The summed E-state index contributed by atoms with van der Waals surface area (Å²) in [4.78, 5) is 11.2. The molecule has 4 nitrogen and oxygen atoms in total. The molecule has 19 heavy (non-hydrogen) atoms. The minimum absolute atomic E-state index is 0.0635. The molecule has 0 radical (unpaired) electrons. The average molecular weight is 275 g/mol. The first-order valence-electron chi connectivity index (χ1n) is 5.55. The minimum Gasteiger partial charge on any atom is -0.497 e. The number of carboxylic acids is 1. The molecule has 1 aromatic rings. The molecule has 2 N–H and O–H groups in total. The summed E-state index contributed by atoms with van der Waals surface area (Å²) in [6.07, 6.45) is -4.61. The molecule has 1 heterocycles. The zero-order valence-corrected chi connectivity index (χ0v) is 10.0. The molecule has 0 aliphatic carbocycles. The van der Waals surface area contributed by atoms with Gasteiger partial charge in [0, 0.05) is 6.54 Å². The van der Waals surface area contributed by atoms with Crippen molar-refractivity contribution in [1.29, 1.82) is 0 Å². The third-order valence-corrected chi connectivity index (χ3v) is 3.25. The molecule has 1 aliphatic heterocycles. The van der Waals surface area contributed by atoms with Gasteiger partial charge in [-0.1, -0.05) is 6.07 Å². The minimum atomic E-state index is -4.93. The van der Waals surface area contributed by atoms with Crippen LogP contribution in [0.15, 0.2) is 18.2 Å². The van der Waals surface area contributed by atoms with E-state index in [1.165, 1.54) is 19.2 Å². The highest BCUT2D eigenvalue weighted by molar-refractivity contribution is 5.83. The summed E-state index contributed by atoms with van der Waals surface area (Å²) >= 11 is 0. The summed E-state index contributed by atoms with van der Waals surface area (Å²) in [5.74, 6) is -1.55. The van der Waals surface area contributed by atoms with Gasteiger partial charge in [0.1, 0.15) is 5.75 Å². The lowest BCUT2D eigenvalue weighted by atomic mass is 9.81. The number of aliphatic carboxylic acids is 1. The van der Waals surface area contributed by atoms with Crippen molar-refractivity contribution in [2.45, 2.75) is 18.1 Å². The Bertz CT molecular complexity index is 515. The van der Waals surface area contributed by atoms with Crippen LogP contribution in [0.4, 0.5) is 13.2 Å². The Kier molecular flexibility index (Phi) is 3.17. The van der Waals surface area contributed by atoms with E-state index >= 15 is 0 Å². The third-order valence-electron chi connectivity index (χ3n) is 3.25. The molecule has 104 valence electrons. The van der Waals surface area contributed by atoms with Crippen LogP contribution in [0.25, 0.3) is 0 Å². The third kappa shape index (κ3) is 1.94. The van der Waals surface area contributed by atoms with Crippen LogP contribution in [0, 0.1) is 0 Å². The van der Waals surface area contributed by atoms with E-state index in [2.05, 4.69) is 5.32 Å². The summed E-state index contributed by atoms with van der Waals surface area (Å²) in [7, 11) is 1.40. The number of ether oxygens (including phenoxy) is 1. The first kappa shape index (κ1) is 13.7. The highest BCUT2D eigenvalue weighted by atomic mass is 19.4. The van der Waals surface area contributed by atoms with Gasteiger partial charge in [0.2, 0.25) is 5.54 Å². The van der Waals surface area contributed by atoms with Crippen molar-refractivity contribution in [2.75, 3.05) is 13.7 Å². The second-order valence-corrected chi connectivity index (χ2v) is 4.25. The van der Waals surface area contributed by atoms with Crippen molar-refractivity contribution < 1.29 is 27.8 Å². The van der Waals surface area contributed by atoms with Crippen molar-refractivity contribution in [3.8, 4) is 5.75 Å². The van der Waals surface area contributed by atoms with Gasteiger partial charge in [0.25, 0.3) is 0 Å². The number of carboxylic acid groups (broad SMARTS) is 1. The fourth-order valence-corrected chi connectivity index (χ4v) is 2.31. The lowest BCUT2D eigenvalue weighted by Gasteiger charge is -2.37. The number of methoxy groups -OCH3 is 1. The molecule has 1 aliphatic rings. The molecule has 0 aromatic heterocycles. The van der Waals surface area contributed by atoms with E-state index < -0.39 is 17.7 Å². The molecular weight excluding hydrogens is 263 g/mol. The second-order valence-electron chi connectivity index (χ2n) is 4.25. The van der Waals surface area contributed by atoms with E-state index in [0.717, 1.165) is 6.07 Å². The molecule has 0 saturated heterocycles. The number of carbonyl (C=O) groups is 1. The predicted octanol–water partition coefficient (Wildman–Crippen LogP) is 1.68. The summed E-state index contributed by atoms with van der Waals surface area (Å²) in [5, 5.41) is 11.2. The van der Waals surface area contributed by atoms with Gasteiger partial charge in [0.05, 0.1) is 7.11 Å². The molecule has 0 saturated carbocycles. The normalized spacial score (nSPS) is 22.7. The van der Waals surface area contributed by atoms with Gasteiger partial charge in [-0.15, -0.1) is 0 Å². The zero-order valence-electron chi connectivity index (χ0n) is 10.0. The zero-order chi connectivity index (χ0) is 14.3. The van der Waals surface area contributed by atoms with Gasteiger partial charge in [0.15, 0.2) is 0 Å². The molecule has 1 unspecified atom stereocenters. The molecule has 0 amide bonds. The van der Waals surface area contributed by atoms with Crippen LogP contribution in [0.1, 0.15) is 11.1 Å². The fraction of sp³-hybridized carbons (Fsp3) is 0.417. The maximum atomic E-state index is 13.2. The van der Waals surface area contributed by atoms with Gasteiger partial charge in [-0.2, -0.15) is 13.2 Å². The Hall–Kier alpha value is -1.76. The first-order valence-corrected chi connectivity index (χ1v) is 5.55. The van der Waals surface area contributed by atoms with Gasteiger partial charge >= 0.3 is 12.1 Å². The van der Waals surface area contributed by atoms with Crippen molar-refractivity contribution in [3.05, 3.63) is 29.3 Å². The molecule has 1 atom stereocenters. The van der Waals surface area contributed by atoms with E-state index in [1.54, 1.807) is 0 Å². The molecule has 0 bridgehead atoms. The summed E-state index contributed by atoms with van der Waals surface area (Å²) in [6.45, 7) is -0.0635. The largest absolute Gasteiger partial charge is 0.497 e. The second kappa shape index (κ2) is 4.41. The van der Waals surface area contributed by atoms with Crippen LogP contribution in [-0.4, -0.2) is 30.9 Å². The SMILES string of the molecule is COc1ccc2c(c1)CCNC2(C(=O)O)C(F)(F)F. The Balaban J connectivity index is 2.66. The summed E-state index contributed by atoms with van der Waals surface area (Å²) in [5.41, 5.74) is -3.00. The molecule has 0 spiro atoms. The van der Waals surface area contributed by atoms with Crippen molar-refractivity contribution >= 4 is 5.97 Å². The highest BCUT2D eigenvalue weighted by Gasteiger charge is 2.63. The van der Waals surface area contributed by atoms with E-state index in [4.69, 9.17) is 9.84 Å². The maximum Gasteiger partial charge on any atom is 0.421 e. The van der Waals surface area contributed by atoms with Crippen LogP contribution in [0.3, 0.4) is 0 Å². The Morgan fingerprint density at radius 3 is 2.68 bits per heavy atom. The van der Waals surface area contributed by atoms with Crippen molar-refractivity contribution in [2.24, 2.45) is 0 Å². The number of nitrogens with one attached hydrogen (secondary N) is 1. The number of hydrogen-bond acceptors (Lipinski definition) is 3. The number of hydrogen-bond donors (Lipinski definition) is 2. The lowest BCUT2D eigenvalue weighted by Crippen LogP contribution is -2.62. The fourth-order valence-electron chi connectivity index (χ4n) is 2.31. The highest BCUT2D eigenvalue weighted by Crippen LogP contribution is 2.43. The van der Waals surface area contributed by atoms with Crippen LogP contribution < -0.4 is 10.1 Å². The van der Waals surface area contributed by atoms with Crippen LogP contribution in [0.5, 0.6) is 5.75 Å². The average Bonchev–Trinajstić information content (AvgIpc) is 2.35. The quantitative estimate of drug-likeness (QED) is 0.862. The molecule has 1 aromatic carbocycles. The standard InChI is InChI=1S/C12H12F3NO3/c1-19-8-2-3-9-7(6-8)4-5-16-11(9,10(17)18)12(13,14)15/h2-3,6,16H,4-5H2,1H3,(H,17,18). The summed E-state index contributed by atoms with van der Waals surface area (Å²) in [6, 6.07) is 3.93. The van der Waals surface area contributed by atoms with E-state index in [0.29, 0.717) is 17.7 Å². The van der Waals surface area contributed by atoms with Crippen LogP contribution >= 0.6 is 0 Å².